The summed E-state index contributed by atoms with van der Waals surface area (Å²) in [6, 6.07) is 12.3. The van der Waals surface area contributed by atoms with Crippen molar-refractivity contribution in [3.05, 3.63) is 64.0 Å². The third-order valence-corrected chi connectivity index (χ3v) is 5.33. The number of hydrogen-bond acceptors (Lipinski definition) is 6. The number of benzene rings is 2. The van der Waals surface area contributed by atoms with Gasteiger partial charge in [0.2, 0.25) is 0 Å². The quantitative estimate of drug-likeness (QED) is 0.492. The maximum atomic E-state index is 12.6. The second-order valence-electron chi connectivity index (χ2n) is 5.93. The van der Waals surface area contributed by atoms with E-state index in [-0.39, 0.29) is 12.4 Å². The van der Waals surface area contributed by atoms with Gasteiger partial charge in [-0.2, -0.15) is 0 Å². The number of carbonyl (C=O) groups excluding carboxylic acids is 1. The summed E-state index contributed by atoms with van der Waals surface area (Å²) in [7, 11) is 1.61. The minimum absolute atomic E-state index is 0.140. The summed E-state index contributed by atoms with van der Waals surface area (Å²) in [4.78, 5) is 12.6. The lowest BCUT2D eigenvalue weighted by Crippen LogP contribution is -2.09. The number of aromatic hydroxyl groups is 1. The zero-order chi connectivity index (χ0) is 20.1. The Morgan fingerprint density at radius 2 is 1.96 bits per heavy atom. The Morgan fingerprint density at radius 1 is 1.21 bits per heavy atom. The first-order valence-corrected chi connectivity index (χ1v) is 9.93. The molecule has 0 radical (unpaired) electrons. The Balaban J connectivity index is 1.93. The van der Waals surface area contributed by atoms with Gasteiger partial charge in [0, 0.05) is 28.1 Å². The van der Waals surface area contributed by atoms with Crippen LogP contribution < -0.4 is 10.1 Å². The van der Waals surface area contributed by atoms with Crippen molar-refractivity contribution in [1.82, 2.24) is 0 Å². The van der Waals surface area contributed by atoms with Crippen molar-refractivity contribution in [2.24, 2.45) is 0 Å². The molecule has 0 unspecified atom stereocenters. The molecule has 7 heteroatoms. The number of nitrogens with one attached hydrogen (secondary N) is 1. The molecule has 0 aliphatic carbocycles. The summed E-state index contributed by atoms with van der Waals surface area (Å²) < 4.78 is 10.5. The van der Waals surface area contributed by atoms with E-state index in [2.05, 4.69) is 5.32 Å². The van der Waals surface area contributed by atoms with Crippen LogP contribution in [0.5, 0.6) is 11.5 Å². The lowest BCUT2D eigenvalue weighted by atomic mass is 10.0. The van der Waals surface area contributed by atoms with Crippen molar-refractivity contribution in [3.63, 3.8) is 0 Å². The zero-order valence-corrected chi connectivity index (χ0v) is 17.1. The maximum absolute atomic E-state index is 12.6. The monoisotopic (exact) mass is 417 g/mol. The zero-order valence-electron chi connectivity index (χ0n) is 15.5. The molecule has 0 bridgehead atoms. The van der Waals surface area contributed by atoms with Crippen LogP contribution in [0.3, 0.4) is 0 Å². The van der Waals surface area contributed by atoms with E-state index < -0.39 is 5.97 Å². The highest BCUT2D eigenvalue weighted by Crippen LogP contribution is 2.37. The van der Waals surface area contributed by atoms with Crippen LogP contribution in [0, 0.1) is 0 Å². The summed E-state index contributed by atoms with van der Waals surface area (Å²) in [5.41, 5.74) is 2.78. The molecule has 0 fully saturated rings. The summed E-state index contributed by atoms with van der Waals surface area (Å²) in [5.74, 6) is 0.486. The van der Waals surface area contributed by atoms with E-state index in [1.807, 2.05) is 29.6 Å². The van der Waals surface area contributed by atoms with Gasteiger partial charge < -0.3 is 19.9 Å². The van der Waals surface area contributed by atoms with Crippen LogP contribution in [0.15, 0.2) is 47.8 Å². The summed E-state index contributed by atoms with van der Waals surface area (Å²) in [6.07, 6.45) is 0. The molecule has 146 valence electrons. The van der Waals surface area contributed by atoms with Crippen LogP contribution in [0.2, 0.25) is 5.02 Å². The van der Waals surface area contributed by atoms with E-state index >= 15 is 0 Å². The topological polar surface area (TPSA) is 67.8 Å². The largest absolute Gasteiger partial charge is 0.508 e. The third kappa shape index (κ3) is 4.40. The van der Waals surface area contributed by atoms with E-state index in [0.29, 0.717) is 27.7 Å². The molecule has 1 heterocycles. The van der Waals surface area contributed by atoms with Crippen LogP contribution in [0.25, 0.3) is 11.1 Å². The van der Waals surface area contributed by atoms with Gasteiger partial charge in [0.05, 0.1) is 13.7 Å². The van der Waals surface area contributed by atoms with Crippen LogP contribution in [-0.2, 0) is 11.3 Å². The van der Waals surface area contributed by atoms with Crippen LogP contribution in [0.4, 0.5) is 5.00 Å². The van der Waals surface area contributed by atoms with E-state index in [9.17, 15) is 9.90 Å². The average Bonchev–Trinajstić information content (AvgIpc) is 3.13. The minimum Gasteiger partial charge on any atom is -0.508 e. The lowest BCUT2D eigenvalue weighted by molar-refractivity contribution is 0.0529. The highest BCUT2D eigenvalue weighted by atomic mass is 35.5. The number of anilines is 1. The Bertz CT molecular complexity index is 969. The Hall–Kier alpha value is -2.70. The molecule has 0 atom stereocenters. The van der Waals surface area contributed by atoms with Crippen LogP contribution in [0.1, 0.15) is 22.8 Å². The predicted octanol–water partition coefficient (Wildman–Crippen LogP) is 5.57. The van der Waals surface area contributed by atoms with Gasteiger partial charge in [0.15, 0.2) is 0 Å². The fraction of sp³-hybridized carbons (Fsp3) is 0.190. The highest BCUT2D eigenvalue weighted by Gasteiger charge is 2.21. The van der Waals surface area contributed by atoms with Gasteiger partial charge in [-0.05, 0) is 42.8 Å². The number of esters is 1. The molecular formula is C21H20ClNO4S. The predicted molar refractivity (Wildman–Crippen MR) is 113 cm³/mol. The molecule has 5 nitrogen and oxygen atoms in total. The van der Waals surface area contributed by atoms with E-state index in [4.69, 9.17) is 21.1 Å². The average molecular weight is 418 g/mol. The number of methoxy groups -OCH3 is 1. The fourth-order valence-electron chi connectivity index (χ4n) is 2.75. The van der Waals surface area contributed by atoms with Gasteiger partial charge in [-0.1, -0.05) is 23.7 Å². The van der Waals surface area contributed by atoms with Crippen molar-refractivity contribution in [3.8, 4) is 22.6 Å². The van der Waals surface area contributed by atoms with E-state index in [1.165, 1.54) is 11.3 Å². The molecule has 2 aromatic carbocycles. The third-order valence-electron chi connectivity index (χ3n) is 4.15. The first-order chi connectivity index (χ1) is 13.5. The van der Waals surface area contributed by atoms with Crippen molar-refractivity contribution >= 4 is 33.9 Å². The number of phenolic OH excluding ortho intramolecular Hbond substituents is 1. The molecule has 0 amide bonds. The molecule has 3 aromatic rings. The summed E-state index contributed by atoms with van der Waals surface area (Å²) in [6.45, 7) is 2.38. The van der Waals surface area contributed by atoms with Crippen molar-refractivity contribution in [2.75, 3.05) is 19.0 Å². The van der Waals surface area contributed by atoms with E-state index in [1.54, 1.807) is 32.2 Å². The minimum atomic E-state index is -0.396. The number of ether oxygens (including phenoxy) is 2. The molecule has 3 rings (SSSR count). The maximum Gasteiger partial charge on any atom is 0.341 e. The molecule has 1 aromatic heterocycles. The van der Waals surface area contributed by atoms with Crippen molar-refractivity contribution in [2.45, 2.75) is 13.5 Å². The molecule has 0 saturated carbocycles. The second kappa shape index (κ2) is 8.99. The molecule has 2 N–H and O–H groups in total. The van der Waals surface area contributed by atoms with Crippen LogP contribution >= 0.6 is 22.9 Å². The Labute approximate surface area is 172 Å². The number of hydrogen-bond donors (Lipinski definition) is 2. The van der Waals surface area contributed by atoms with Gasteiger partial charge in [-0.15, -0.1) is 11.3 Å². The fourth-order valence-corrected chi connectivity index (χ4v) is 3.90. The second-order valence-corrected chi connectivity index (χ2v) is 7.25. The Morgan fingerprint density at radius 3 is 2.64 bits per heavy atom. The summed E-state index contributed by atoms with van der Waals surface area (Å²) >= 11 is 7.42. The van der Waals surface area contributed by atoms with Gasteiger partial charge in [0.25, 0.3) is 0 Å². The molecular weight excluding hydrogens is 398 g/mol. The number of halogens is 1. The molecule has 0 saturated heterocycles. The van der Waals surface area contributed by atoms with Gasteiger partial charge >= 0.3 is 5.97 Å². The molecule has 0 aliphatic heterocycles. The first kappa shape index (κ1) is 20.0. The van der Waals surface area contributed by atoms with Crippen molar-refractivity contribution < 1.29 is 19.4 Å². The van der Waals surface area contributed by atoms with Gasteiger partial charge in [-0.25, -0.2) is 4.79 Å². The molecule has 0 spiro atoms. The standard InChI is InChI=1S/C21H20ClNO4S/c1-3-27-21(25)19-17(13-4-7-16(26-2)8-5-13)12-28-20(19)23-11-14-10-15(22)6-9-18(14)24/h4-10,12,23-24H,3,11H2,1-2H3. The highest BCUT2D eigenvalue weighted by molar-refractivity contribution is 7.15. The molecule has 0 aliphatic rings. The Kier molecular flexibility index (Phi) is 6.44. The van der Waals surface area contributed by atoms with Gasteiger partial charge in [0.1, 0.15) is 22.1 Å². The lowest BCUT2D eigenvalue weighted by Gasteiger charge is -2.11. The number of rotatable bonds is 7. The number of carbonyl (C=O) groups is 1. The van der Waals surface area contributed by atoms with Gasteiger partial charge in [-0.3, -0.25) is 0 Å². The summed E-state index contributed by atoms with van der Waals surface area (Å²) in [5, 5.41) is 16.3. The molecule has 28 heavy (non-hydrogen) atoms. The van der Waals surface area contributed by atoms with E-state index in [0.717, 1.165) is 16.9 Å². The number of thiophene rings is 1. The number of phenols is 1. The first-order valence-electron chi connectivity index (χ1n) is 8.67. The normalized spacial score (nSPS) is 10.5. The van der Waals surface area contributed by atoms with Crippen LogP contribution in [-0.4, -0.2) is 24.8 Å². The smallest absolute Gasteiger partial charge is 0.341 e. The van der Waals surface area contributed by atoms with Crippen molar-refractivity contribution in [1.29, 1.82) is 0 Å². The SMILES string of the molecule is CCOC(=O)c1c(-c2ccc(OC)cc2)csc1NCc1cc(Cl)ccc1O.